The van der Waals surface area contributed by atoms with Crippen LogP contribution in [0.1, 0.15) is 24.2 Å². The van der Waals surface area contributed by atoms with Gasteiger partial charge in [-0.3, -0.25) is 4.79 Å². The number of ketones is 1. The first kappa shape index (κ1) is 16.5. The van der Waals surface area contributed by atoms with Gasteiger partial charge in [0.1, 0.15) is 0 Å². The molecule has 5 heteroatoms. The van der Waals surface area contributed by atoms with Gasteiger partial charge in [-0.05, 0) is 56.3 Å². The first-order valence-corrected chi connectivity index (χ1v) is 8.29. The van der Waals surface area contributed by atoms with Crippen molar-refractivity contribution in [2.45, 2.75) is 19.4 Å². The highest BCUT2D eigenvalue weighted by atomic mass is 79.9. The fourth-order valence-electron chi connectivity index (χ4n) is 2.00. The van der Waals surface area contributed by atoms with Crippen LogP contribution in [0.5, 0.6) is 0 Å². The zero-order valence-electron chi connectivity index (χ0n) is 11.6. The average Bonchev–Trinajstić information content (AvgIpc) is 2.39. The number of halogens is 3. The molecule has 0 amide bonds. The monoisotopic (exact) mass is 429 g/mol. The standard InChI is InChI=1S/C16H14Br2ClNO/c1-16(2,20-14-5-3-13(19)4-6-14)15(21)10-7-11(17)9-12(18)8-10/h3-9,20H,1-2H3. The molecule has 0 radical (unpaired) electrons. The van der Waals surface area contributed by atoms with Crippen molar-refractivity contribution in [2.75, 3.05) is 5.32 Å². The van der Waals surface area contributed by atoms with E-state index in [9.17, 15) is 4.79 Å². The van der Waals surface area contributed by atoms with E-state index in [2.05, 4.69) is 37.2 Å². The Balaban J connectivity index is 2.25. The van der Waals surface area contributed by atoms with E-state index in [-0.39, 0.29) is 5.78 Å². The number of Topliss-reactive ketones (excluding diaryl/α,β-unsaturated/α-hetero) is 1. The van der Waals surface area contributed by atoms with E-state index in [0.717, 1.165) is 14.6 Å². The van der Waals surface area contributed by atoms with Crippen LogP contribution in [0.15, 0.2) is 51.4 Å². The summed E-state index contributed by atoms with van der Waals surface area (Å²) in [5.41, 5.74) is 0.767. The van der Waals surface area contributed by atoms with E-state index in [0.29, 0.717) is 10.6 Å². The van der Waals surface area contributed by atoms with Gasteiger partial charge in [-0.1, -0.05) is 43.5 Å². The van der Waals surface area contributed by atoms with Crippen molar-refractivity contribution in [3.63, 3.8) is 0 Å². The number of carbonyl (C=O) groups excluding carboxylic acids is 1. The maximum Gasteiger partial charge on any atom is 0.187 e. The molecule has 0 saturated carbocycles. The fourth-order valence-corrected chi connectivity index (χ4v) is 3.42. The summed E-state index contributed by atoms with van der Waals surface area (Å²) in [6.45, 7) is 3.72. The third-order valence-corrected chi connectivity index (χ3v) is 4.16. The van der Waals surface area contributed by atoms with Crippen molar-refractivity contribution in [3.05, 3.63) is 62.0 Å². The lowest BCUT2D eigenvalue weighted by Crippen LogP contribution is -2.40. The highest BCUT2D eigenvalue weighted by molar-refractivity contribution is 9.11. The normalized spacial score (nSPS) is 11.3. The molecule has 0 aliphatic rings. The minimum atomic E-state index is -0.728. The van der Waals surface area contributed by atoms with Crippen molar-refractivity contribution in [1.82, 2.24) is 0 Å². The number of anilines is 1. The Bertz CT molecular complexity index is 648. The molecule has 0 aliphatic heterocycles. The summed E-state index contributed by atoms with van der Waals surface area (Å²) in [6.07, 6.45) is 0. The molecular formula is C16H14Br2ClNO. The molecular weight excluding hydrogens is 417 g/mol. The summed E-state index contributed by atoms with van der Waals surface area (Å²) in [5.74, 6) is 0.0134. The molecule has 2 nitrogen and oxygen atoms in total. The highest BCUT2D eigenvalue weighted by Gasteiger charge is 2.28. The van der Waals surface area contributed by atoms with Crippen LogP contribution < -0.4 is 5.32 Å². The molecule has 2 aromatic carbocycles. The summed E-state index contributed by atoms with van der Waals surface area (Å²) in [5, 5.41) is 3.91. The molecule has 0 atom stereocenters. The van der Waals surface area contributed by atoms with Gasteiger partial charge < -0.3 is 5.32 Å². The Hall–Kier alpha value is -0.840. The maximum atomic E-state index is 12.7. The summed E-state index contributed by atoms with van der Waals surface area (Å²) in [7, 11) is 0. The Kier molecular flexibility index (Phi) is 5.12. The summed E-state index contributed by atoms with van der Waals surface area (Å²) >= 11 is 12.7. The summed E-state index contributed by atoms with van der Waals surface area (Å²) < 4.78 is 1.73. The van der Waals surface area contributed by atoms with Gasteiger partial charge in [-0.15, -0.1) is 0 Å². The fraction of sp³-hybridized carbons (Fsp3) is 0.188. The van der Waals surface area contributed by atoms with Gasteiger partial charge in [0.25, 0.3) is 0 Å². The van der Waals surface area contributed by atoms with Crippen molar-refractivity contribution in [2.24, 2.45) is 0 Å². The van der Waals surface area contributed by atoms with E-state index in [1.807, 2.05) is 44.2 Å². The molecule has 2 aromatic rings. The van der Waals surface area contributed by atoms with Gasteiger partial charge in [0.15, 0.2) is 5.78 Å². The van der Waals surface area contributed by atoms with E-state index in [1.165, 1.54) is 0 Å². The number of benzene rings is 2. The molecule has 1 N–H and O–H groups in total. The van der Waals surface area contributed by atoms with Gasteiger partial charge in [-0.2, -0.15) is 0 Å². The minimum absolute atomic E-state index is 0.0134. The van der Waals surface area contributed by atoms with Crippen LogP contribution in [0.2, 0.25) is 5.02 Å². The van der Waals surface area contributed by atoms with Crippen LogP contribution in [0.3, 0.4) is 0 Å². The van der Waals surface area contributed by atoms with E-state index >= 15 is 0 Å². The minimum Gasteiger partial charge on any atom is -0.373 e. The summed E-state index contributed by atoms with van der Waals surface area (Å²) in [6, 6.07) is 12.8. The zero-order valence-corrected chi connectivity index (χ0v) is 15.5. The largest absolute Gasteiger partial charge is 0.373 e. The second-order valence-electron chi connectivity index (χ2n) is 5.24. The number of nitrogens with one attached hydrogen (secondary N) is 1. The first-order chi connectivity index (χ1) is 9.78. The topological polar surface area (TPSA) is 29.1 Å². The number of carbonyl (C=O) groups is 1. The lowest BCUT2D eigenvalue weighted by Gasteiger charge is -2.26. The molecule has 0 fully saturated rings. The third-order valence-electron chi connectivity index (χ3n) is 2.99. The lowest BCUT2D eigenvalue weighted by molar-refractivity contribution is 0.0927. The van der Waals surface area contributed by atoms with Gasteiger partial charge in [-0.25, -0.2) is 0 Å². The molecule has 0 unspecified atom stereocenters. The Morgan fingerprint density at radius 3 is 2.10 bits per heavy atom. The second kappa shape index (κ2) is 6.51. The number of hydrogen-bond donors (Lipinski definition) is 1. The number of rotatable bonds is 4. The van der Waals surface area contributed by atoms with Crippen LogP contribution in [-0.2, 0) is 0 Å². The molecule has 0 aliphatic carbocycles. The predicted molar refractivity (Wildman–Crippen MR) is 95.3 cm³/mol. The predicted octanol–water partition coefficient (Wildman–Crippen LogP) is 5.94. The van der Waals surface area contributed by atoms with Gasteiger partial charge in [0.05, 0.1) is 5.54 Å². The van der Waals surface area contributed by atoms with Gasteiger partial charge in [0.2, 0.25) is 0 Å². The Morgan fingerprint density at radius 1 is 1.05 bits per heavy atom. The molecule has 0 heterocycles. The van der Waals surface area contributed by atoms with E-state index < -0.39 is 5.54 Å². The highest BCUT2D eigenvalue weighted by Crippen LogP contribution is 2.25. The molecule has 110 valence electrons. The average molecular weight is 432 g/mol. The van der Waals surface area contributed by atoms with Crippen LogP contribution in [-0.4, -0.2) is 11.3 Å². The molecule has 0 aromatic heterocycles. The van der Waals surface area contributed by atoms with Crippen molar-refractivity contribution < 1.29 is 4.79 Å². The van der Waals surface area contributed by atoms with Crippen LogP contribution in [0.25, 0.3) is 0 Å². The van der Waals surface area contributed by atoms with Crippen LogP contribution in [0.4, 0.5) is 5.69 Å². The van der Waals surface area contributed by atoms with Crippen LogP contribution in [0, 0.1) is 0 Å². The van der Waals surface area contributed by atoms with E-state index in [1.54, 1.807) is 12.1 Å². The van der Waals surface area contributed by atoms with E-state index in [4.69, 9.17) is 11.6 Å². The van der Waals surface area contributed by atoms with Crippen molar-refractivity contribution in [3.8, 4) is 0 Å². The Labute approximate surface area is 146 Å². The molecule has 0 saturated heterocycles. The zero-order chi connectivity index (χ0) is 15.6. The molecule has 0 bridgehead atoms. The second-order valence-corrected chi connectivity index (χ2v) is 7.51. The van der Waals surface area contributed by atoms with Crippen molar-refractivity contribution >= 4 is 54.9 Å². The van der Waals surface area contributed by atoms with Crippen molar-refractivity contribution in [1.29, 1.82) is 0 Å². The van der Waals surface area contributed by atoms with Crippen LogP contribution >= 0.6 is 43.5 Å². The quantitative estimate of drug-likeness (QED) is 0.607. The third kappa shape index (κ3) is 4.31. The smallest absolute Gasteiger partial charge is 0.187 e. The first-order valence-electron chi connectivity index (χ1n) is 6.32. The molecule has 2 rings (SSSR count). The Morgan fingerprint density at radius 2 is 1.57 bits per heavy atom. The lowest BCUT2D eigenvalue weighted by atomic mass is 9.93. The molecule has 0 spiro atoms. The van der Waals surface area contributed by atoms with Gasteiger partial charge >= 0.3 is 0 Å². The molecule has 21 heavy (non-hydrogen) atoms. The van der Waals surface area contributed by atoms with Gasteiger partial charge in [0, 0.05) is 25.2 Å². The SMILES string of the molecule is CC(C)(Nc1ccc(Cl)cc1)C(=O)c1cc(Br)cc(Br)c1. The summed E-state index contributed by atoms with van der Waals surface area (Å²) in [4.78, 5) is 12.7. The maximum absolute atomic E-state index is 12.7. The number of hydrogen-bond acceptors (Lipinski definition) is 2.